The minimum absolute atomic E-state index is 0.0587. The molecule has 2 aromatic carbocycles. The van der Waals surface area contributed by atoms with E-state index < -0.39 is 16.3 Å². The number of rotatable bonds is 5. The number of fused-ring (bicyclic) bond motifs is 1. The number of nitrogens with one attached hydrogen (secondary N) is 2. The summed E-state index contributed by atoms with van der Waals surface area (Å²) < 4.78 is 59.3. The van der Waals surface area contributed by atoms with Gasteiger partial charge in [-0.3, -0.25) is 0 Å². The molecule has 0 saturated carbocycles. The van der Waals surface area contributed by atoms with E-state index in [9.17, 15) is 17.2 Å². The van der Waals surface area contributed by atoms with Crippen LogP contribution in [-0.2, 0) is 10.0 Å². The number of aromatic nitrogens is 2. The molecule has 1 aliphatic heterocycles. The number of benzene rings is 2. The Labute approximate surface area is 170 Å². The van der Waals surface area contributed by atoms with Crippen molar-refractivity contribution < 1.29 is 26.7 Å². The molecule has 0 bridgehead atoms. The second kappa shape index (κ2) is 7.11. The third-order valence-electron chi connectivity index (χ3n) is 4.09. The van der Waals surface area contributed by atoms with Crippen molar-refractivity contribution in [3.8, 4) is 11.5 Å². The second-order valence-electron chi connectivity index (χ2n) is 6.32. The van der Waals surface area contributed by atoms with Gasteiger partial charge in [0.05, 0.1) is 11.4 Å². The molecule has 0 saturated heterocycles. The van der Waals surface area contributed by atoms with Gasteiger partial charge < -0.3 is 20.1 Å². The Bertz CT molecular complexity index is 1240. The molecule has 0 atom stereocenters. The fraction of sp³-hybridized carbons (Fsp3) is 0.0588. The highest BCUT2D eigenvalue weighted by Crippen LogP contribution is 2.46. The lowest BCUT2D eigenvalue weighted by Gasteiger charge is -2.14. The van der Waals surface area contributed by atoms with Crippen LogP contribution in [0.4, 0.5) is 31.9 Å². The van der Waals surface area contributed by atoms with Crippen LogP contribution in [0.1, 0.15) is 0 Å². The Morgan fingerprint density at radius 1 is 1.03 bits per heavy atom. The summed E-state index contributed by atoms with van der Waals surface area (Å²) in [5.74, 6) is 0.0420. The maximum atomic E-state index is 13.4. The molecule has 1 aliphatic rings. The molecule has 0 fully saturated rings. The molecule has 0 spiro atoms. The zero-order valence-corrected chi connectivity index (χ0v) is 16.2. The first-order chi connectivity index (χ1) is 14.1. The number of alkyl halides is 2. The van der Waals surface area contributed by atoms with Crippen molar-refractivity contribution in [2.75, 3.05) is 10.6 Å². The van der Waals surface area contributed by atoms with Crippen LogP contribution in [0.2, 0.25) is 0 Å². The SMILES string of the molecule is Bc1cnc(Nc2cccc3c2OC(F)(F)O3)nc1Nc1ccccc1S(N)(=O)=O. The summed E-state index contributed by atoms with van der Waals surface area (Å²) in [6, 6.07) is 10.4. The zero-order valence-electron chi connectivity index (χ0n) is 15.4. The monoisotopic (exact) mass is 433 g/mol. The van der Waals surface area contributed by atoms with Crippen molar-refractivity contribution in [2.45, 2.75) is 11.2 Å². The number of hydrogen-bond acceptors (Lipinski definition) is 8. The van der Waals surface area contributed by atoms with Gasteiger partial charge in [-0.1, -0.05) is 18.2 Å². The Kier molecular flexibility index (Phi) is 4.70. The van der Waals surface area contributed by atoms with Gasteiger partial charge in [-0.05, 0) is 29.7 Å². The highest BCUT2D eigenvalue weighted by molar-refractivity contribution is 7.89. The third-order valence-corrected chi connectivity index (χ3v) is 5.06. The summed E-state index contributed by atoms with van der Waals surface area (Å²) in [5.41, 5.74) is 1.00. The summed E-state index contributed by atoms with van der Waals surface area (Å²) >= 11 is 0. The van der Waals surface area contributed by atoms with Crippen molar-refractivity contribution >= 4 is 46.5 Å². The number of hydrogen-bond donors (Lipinski definition) is 3. The van der Waals surface area contributed by atoms with Crippen molar-refractivity contribution in [1.82, 2.24) is 9.97 Å². The maximum Gasteiger partial charge on any atom is 0.586 e. The fourth-order valence-electron chi connectivity index (χ4n) is 2.76. The van der Waals surface area contributed by atoms with Crippen LogP contribution in [0.5, 0.6) is 11.5 Å². The van der Waals surface area contributed by atoms with Gasteiger partial charge in [0.25, 0.3) is 0 Å². The molecular weight excluding hydrogens is 419 g/mol. The first kappa shape index (κ1) is 19.9. The van der Waals surface area contributed by atoms with Crippen LogP contribution in [0.25, 0.3) is 0 Å². The number of primary sulfonamides is 1. The van der Waals surface area contributed by atoms with Crippen LogP contribution >= 0.6 is 0 Å². The quantitative estimate of drug-likeness (QED) is 0.512. The van der Waals surface area contributed by atoms with E-state index in [1.54, 1.807) is 20.0 Å². The lowest BCUT2D eigenvalue weighted by Crippen LogP contribution is -2.26. The number of sulfonamides is 1. The molecule has 0 radical (unpaired) electrons. The van der Waals surface area contributed by atoms with Gasteiger partial charge in [-0.2, -0.15) is 4.98 Å². The summed E-state index contributed by atoms with van der Waals surface area (Å²) in [6.07, 6.45) is -2.29. The van der Waals surface area contributed by atoms with Crippen LogP contribution in [0, 0.1) is 0 Å². The lowest BCUT2D eigenvalue weighted by atomic mass is 9.99. The zero-order chi connectivity index (χ0) is 21.5. The molecular formula is C17H14BF2N5O4S. The summed E-state index contributed by atoms with van der Waals surface area (Å²) in [4.78, 5) is 8.31. The molecule has 4 N–H and O–H groups in total. The highest BCUT2D eigenvalue weighted by atomic mass is 32.2. The van der Waals surface area contributed by atoms with E-state index >= 15 is 0 Å². The molecule has 1 aromatic heterocycles. The van der Waals surface area contributed by atoms with Gasteiger partial charge in [0.2, 0.25) is 16.0 Å². The van der Waals surface area contributed by atoms with Crippen molar-refractivity contribution in [2.24, 2.45) is 5.14 Å². The average Bonchev–Trinajstić information content (AvgIpc) is 2.99. The van der Waals surface area contributed by atoms with Crippen LogP contribution in [0.15, 0.2) is 53.6 Å². The standard InChI is InChI=1S/C17H14BF2N5O4S/c18-9-8-22-16(24-11-5-3-6-12-14(11)29-17(19,20)28-12)25-15(9)23-10-4-1-2-7-13(10)30(21,26)27/h1-8H,18H2,(H2,21,26,27)(H2,22,23,24,25). The molecule has 13 heteroatoms. The minimum Gasteiger partial charge on any atom is -0.395 e. The van der Waals surface area contributed by atoms with Crippen LogP contribution in [-0.4, -0.2) is 32.5 Å². The highest BCUT2D eigenvalue weighted by Gasteiger charge is 2.44. The Balaban J connectivity index is 1.65. The van der Waals surface area contributed by atoms with Gasteiger partial charge in [-0.15, -0.1) is 8.78 Å². The predicted octanol–water partition coefficient (Wildman–Crippen LogP) is 1.19. The molecule has 4 rings (SSSR count). The van der Waals surface area contributed by atoms with E-state index in [0.29, 0.717) is 11.3 Å². The molecule has 3 aromatic rings. The van der Waals surface area contributed by atoms with Crippen LogP contribution < -0.4 is 30.7 Å². The van der Waals surface area contributed by atoms with E-state index in [2.05, 4.69) is 30.1 Å². The summed E-state index contributed by atoms with van der Waals surface area (Å²) in [5, 5.41) is 11.0. The topological polar surface area (TPSA) is 128 Å². The molecule has 0 aliphatic carbocycles. The first-order valence-corrected chi connectivity index (χ1v) is 10.1. The first-order valence-electron chi connectivity index (χ1n) is 8.51. The van der Waals surface area contributed by atoms with Gasteiger partial charge in [0.1, 0.15) is 18.6 Å². The number of anilines is 4. The van der Waals surface area contributed by atoms with Gasteiger partial charge in [-0.25, -0.2) is 18.5 Å². The molecule has 0 amide bonds. The average molecular weight is 433 g/mol. The van der Waals surface area contributed by atoms with Crippen molar-refractivity contribution in [3.05, 3.63) is 48.7 Å². The summed E-state index contributed by atoms with van der Waals surface area (Å²) in [6.45, 7) is 0. The largest absolute Gasteiger partial charge is 0.586 e. The van der Waals surface area contributed by atoms with Crippen LogP contribution in [0.3, 0.4) is 0 Å². The molecule has 2 heterocycles. The van der Waals surface area contributed by atoms with Gasteiger partial charge in [0, 0.05) is 6.20 Å². The lowest BCUT2D eigenvalue weighted by molar-refractivity contribution is -0.286. The minimum atomic E-state index is -3.97. The molecule has 0 unspecified atom stereocenters. The van der Waals surface area contributed by atoms with E-state index in [1.807, 2.05) is 0 Å². The van der Waals surface area contributed by atoms with E-state index in [-0.39, 0.29) is 33.7 Å². The van der Waals surface area contributed by atoms with Crippen molar-refractivity contribution in [1.29, 1.82) is 0 Å². The number of nitrogens with zero attached hydrogens (tertiary/aromatic N) is 2. The van der Waals surface area contributed by atoms with Crippen molar-refractivity contribution in [3.63, 3.8) is 0 Å². The van der Waals surface area contributed by atoms with Gasteiger partial charge >= 0.3 is 6.29 Å². The Morgan fingerprint density at radius 3 is 2.53 bits per heavy atom. The number of nitrogens with two attached hydrogens (primary N) is 1. The molecule has 30 heavy (non-hydrogen) atoms. The summed E-state index contributed by atoms with van der Waals surface area (Å²) in [7, 11) is -2.25. The van der Waals surface area contributed by atoms with E-state index in [0.717, 1.165) is 0 Å². The number of ether oxygens (including phenoxy) is 2. The molecule has 9 nitrogen and oxygen atoms in total. The fourth-order valence-corrected chi connectivity index (χ4v) is 3.46. The molecule has 154 valence electrons. The van der Waals surface area contributed by atoms with E-state index in [1.165, 1.54) is 36.5 Å². The predicted molar refractivity (Wildman–Crippen MR) is 107 cm³/mol. The second-order valence-corrected chi connectivity index (χ2v) is 7.85. The number of halogens is 2. The smallest absolute Gasteiger partial charge is 0.395 e. The van der Waals surface area contributed by atoms with Gasteiger partial charge in [0.15, 0.2) is 11.5 Å². The Morgan fingerprint density at radius 2 is 1.77 bits per heavy atom. The third kappa shape index (κ3) is 3.97. The normalized spacial score (nSPS) is 14.4. The number of para-hydroxylation sites is 2. The maximum absolute atomic E-state index is 13.4. The van der Waals surface area contributed by atoms with E-state index in [4.69, 9.17) is 5.14 Å². The Hall–Kier alpha value is -3.45.